The number of benzene rings is 3. The quantitative estimate of drug-likeness (QED) is 0.697. The van der Waals surface area contributed by atoms with Crippen LogP contribution in [0.15, 0.2) is 91.0 Å². The molecule has 25 heavy (non-hydrogen) atoms. The molecule has 0 fully saturated rings. The fraction of sp³-hybridized carbons (Fsp3) is 0.217. The van der Waals surface area contributed by atoms with Crippen LogP contribution in [-0.4, -0.2) is 29.7 Å². The molecule has 1 unspecified atom stereocenters. The topological polar surface area (TPSA) is 23.5 Å². The molecule has 0 saturated heterocycles. The molecule has 0 saturated carbocycles. The van der Waals surface area contributed by atoms with E-state index < -0.39 is 6.10 Å². The predicted octanol–water partition coefficient (Wildman–Crippen LogP) is 4.31. The third-order valence-corrected chi connectivity index (χ3v) is 4.48. The Balaban J connectivity index is 1.76. The van der Waals surface area contributed by atoms with Gasteiger partial charge < -0.3 is 5.11 Å². The van der Waals surface area contributed by atoms with Gasteiger partial charge in [0.15, 0.2) is 0 Å². The molecule has 2 heteroatoms. The minimum atomic E-state index is -0.401. The van der Waals surface area contributed by atoms with E-state index in [-0.39, 0.29) is 6.04 Å². The van der Waals surface area contributed by atoms with Crippen molar-refractivity contribution in [2.45, 2.75) is 18.6 Å². The first kappa shape index (κ1) is 17.4. The fourth-order valence-electron chi connectivity index (χ4n) is 3.36. The zero-order valence-electron chi connectivity index (χ0n) is 14.6. The van der Waals surface area contributed by atoms with Crippen molar-refractivity contribution in [1.29, 1.82) is 0 Å². The highest BCUT2D eigenvalue weighted by atomic mass is 16.3. The summed E-state index contributed by atoms with van der Waals surface area (Å²) in [6.07, 6.45) is 0.268. The summed E-state index contributed by atoms with van der Waals surface area (Å²) < 4.78 is 0. The molecule has 0 aliphatic carbocycles. The summed E-state index contributed by atoms with van der Waals surface area (Å²) in [5.74, 6) is 0. The maximum atomic E-state index is 10.6. The van der Waals surface area contributed by atoms with Crippen LogP contribution in [0.25, 0.3) is 0 Å². The Labute approximate surface area is 150 Å². The molecule has 3 aromatic rings. The van der Waals surface area contributed by atoms with Crippen LogP contribution >= 0.6 is 0 Å². The van der Waals surface area contributed by atoms with Crippen molar-refractivity contribution in [3.63, 3.8) is 0 Å². The van der Waals surface area contributed by atoms with E-state index in [1.165, 1.54) is 16.7 Å². The summed E-state index contributed by atoms with van der Waals surface area (Å²) >= 11 is 0. The van der Waals surface area contributed by atoms with Crippen LogP contribution in [0.5, 0.6) is 0 Å². The lowest BCUT2D eigenvalue weighted by molar-refractivity contribution is 0.112. The van der Waals surface area contributed by atoms with Gasteiger partial charge in [-0.05, 0) is 30.2 Å². The third kappa shape index (κ3) is 4.79. The lowest BCUT2D eigenvalue weighted by Gasteiger charge is -2.30. The second-order valence-electron chi connectivity index (χ2n) is 6.51. The maximum Gasteiger partial charge on any atom is 0.0707 e. The summed E-state index contributed by atoms with van der Waals surface area (Å²) in [5.41, 5.74) is 3.64. The lowest BCUT2D eigenvalue weighted by atomic mass is 9.97. The number of aliphatic hydroxyl groups is 1. The van der Waals surface area contributed by atoms with Gasteiger partial charge in [0, 0.05) is 6.54 Å². The van der Waals surface area contributed by atoms with Gasteiger partial charge in [-0.15, -0.1) is 0 Å². The van der Waals surface area contributed by atoms with E-state index in [4.69, 9.17) is 0 Å². The minimum absolute atomic E-state index is 0.132. The second-order valence-corrected chi connectivity index (χ2v) is 6.51. The molecule has 3 rings (SSSR count). The molecule has 0 bridgehead atoms. The van der Waals surface area contributed by atoms with E-state index in [1.54, 1.807) is 0 Å². The van der Waals surface area contributed by atoms with Crippen molar-refractivity contribution < 1.29 is 5.11 Å². The fourth-order valence-corrected chi connectivity index (χ4v) is 3.36. The van der Waals surface area contributed by atoms with Crippen molar-refractivity contribution >= 4 is 0 Å². The summed E-state index contributed by atoms with van der Waals surface area (Å²) in [6, 6.07) is 31.2. The number of likely N-dealkylation sites (N-methyl/N-ethyl adjacent to an activating group) is 1. The Bertz CT molecular complexity index is 703. The first-order valence-electron chi connectivity index (χ1n) is 8.76. The van der Waals surface area contributed by atoms with E-state index >= 15 is 0 Å². The average Bonchev–Trinajstić information content (AvgIpc) is 2.64. The largest absolute Gasteiger partial charge is 0.391 e. The van der Waals surface area contributed by atoms with Crippen molar-refractivity contribution in [2.24, 2.45) is 0 Å². The lowest BCUT2D eigenvalue weighted by Crippen LogP contribution is -2.34. The zero-order chi connectivity index (χ0) is 17.5. The highest BCUT2D eigenvalue weighted by Crippen LogP contribution is 2.27. The van der Waals surface area contributed by atoms with Crippen LogP contribution < -0.4 is 0 Å². The number of aliphatic hydroxyl groups excluding tert-OH is 1. The van der Waals surface area contributed by atoms with Gasteiger partial charge in [-0.1, -0.05) is 91.0 Å². The predicted molar refractivity (Wildman–Crippen MR) is 104 cm³/mol. The van der Waals surface area contributed by atoms with Gasteiger partial charge in [-0.25, -0.2) is 0 Å². The smallest absolute Gasteiger partial charge is 0.0707 e. The van der Waals surface area contributed by atoms with Crippen LogP contribution in [0.3, 0.4) is 0 Å². The second kappa shape index (κ2) is 8.61. The number of rotatable bonds is 7. The SMILES string of the molecule is CN(CC(O)Cc1ccccc1)C(c1ccccc1)c1ccccc1. The summed E-state index contributed by atoms with van der Waals surface area (Å²) in [4.78, 5) is 2.23. The zero-order valence-corrected chi connectivity index (χ0v) is 14.6. The van der Waals surface area contributed by atoms with Gasteiger partial charge in [0.1, 0.15) is 0 Å². The van der Waals surface area contributed by atoms with E-state index in [9.17, 15) is 5.11 Å². The molecule has 3 aromatic carbocycles. The standard InChI is InChI=1S/C23H25NO/c1-24(18-22(25)17-19-11-5-2-6-12-19)23(20-13-7-3-8-14-20)21-15-9-4-10-16-21/h2-16,22-23,25H,17-18H2,1H3. The molecule has 0 aromatic heterocycles. The van der Waals surface area contributed by atoms with Crippen LogP contribution in [0.2, 0.25) is 0 Å². The maximum absolute atomic E-state index is 10.6. The molecule has 0 heterocycles. The van der Waals surface area contributed by atoms with Crippen molar-refractivity contribution in [3.05, 3.63) is 108 Å². The molecule has 1 N–H and O–H groups in total. The van der Waals surface area contributed by atoms with Crippen molar-refractivity contribution in [1.82, 2.24) is 4.90 Å². The monoisotopic (exact) mass is 331 g/mol. The summed E-state index contributed by atoms with van der Waals surface area (Å²) in [6.45, 7) is 0.614. The molecule has 1 atom stereocenters. The van der Waals surface area contributed by atoms with E-state index in [2.05, 4.69) is 72.6 Å². The molecule has 0 amide bonds. The molecular formula is C23H25NO. The Morgan fingerprint density at radius 2 is 1.16 bits per heavy atom. The first-order chi connectivity index (χ1) is 12.2. The molecule has 0 aliphatic rings. The normalized spacial score (nSPS) is 12.5. The van der Waals surface area contributed by atoms with Gasteiger partial charge in [-0.3, -0.25) is 4.90 Å². The van der Waals surface area contributed by atoms with Gasteiger partial charge in [0.05, 0.1) is 12.1 Å². The van der Waals surface area contributed by atoms with E-state index in [1.807, 2.05) is 30.3 Å². The molecule has 2 nitrogen and oxygen atoms in total. The van der Waals surface area contributed by atoms with Gasteiger partial charge in [0.25, 0.3) is 0 Å². The van der Waals surface area contributed by atoms with Crippen LogP contribution in [-0.2, 0) is 6.42 Å². The van der Waals surface area contributed by atoms with E-state index in [0.29, 0.717) is 13.0 Å². The minimum Gasteiger partial charge on any atom is -0.391 e. The Morgan fingerprint density at radius 3 is 1.64 bits per heavy atom. The number of hydrogen-bond donors (Lipinski definition) is 1. The first-order valence-corrected chi connectivity index (χ1v) is 8.76. The molecular weight excluding hydrogens is 306 g/mol. The van der Waals surface area contributed by atoms with Crippen LogP contribution in [0.4, 0.5) is 0 Å². The van der Waals surface area contributed by atoms with Gasteiger partial charge >= 0.3 is 0 Å². The molecule has 0 spiro atoms. The van der Waals surface area contributed by atoms with Gasteiger partial charge in [0.2, 0.25) is 0 Å². The molecule has 128 valence electrons. The average molecular weight is 331 g/mol. The van der Waals surface area contributed by atoms with Crippen LogP contribution in [0.1, 0.15) is 22.7 Å². The Hall–Kier alpha value is -2.42. The van der Waals surface area contributed by atoms with Crippen LogP contribution in [0, 0.1) is 0 Å². The third-order valence-electron chi connectivity index (χ3n) is 4.48. The molecule has 0 aliphatic heterocycles. The van der Waals surface area contributed by atoms with E-state index in [0.717, 1.165) is 0 Å². The number of hydrogen-bond acceptors (Lipinski definition) is 2. The Morgan fingerprint density at radius 1 is 0.720 bits per heavy atom. The van der Waals surface area contributed by atoms with Gasteiger partial charge in [-0.2, -0.15) is 0 Å². The highest BCUT2D eigenvalue weighted by molar-refractivity contribution is 5.31. The number of nitrogens with zero attached hydrogens (tertiary/aromatic N) is 1. The summed E-state index contributed by atoms with van der Waals surface area (Å²) in [5, 5.41) is 10.6. The Kier molecular flexibility index (Phi) is 5.99. The van der Waals surface area contributed by atoms with Crippen molar-refractivity contribution in [2.75, 3.05) is 13.6 Å². The van der Waals surface area contributed by atoms with Crippen molar-refractivity contribution in [3.8, 4) is 0 Å². The summed E-state index contributed by atoms with van der Waals surface area (Å²) in [7, 11) is 2.08. The highest BCUT2D eigenvalue weighted by Gasteiger charge is 2.21. The molecule has 0 radical (unpaired) electrons.